The third-order valence-electron chi connectivity index (χ3n) is 3.42. The number of halogens is 1. The molecule has 1 N–H and O–H groups in total. The second-order valence-electron chi connectivity index (χ2n) is 4.61. The van der Waals surface area contributed by atoms with Crippen molar-refractivity contribution in [2.24, 2.45) is 0 Å². The van der Waals surface area contributed by atoms with Crippen molar-refractivity contribution in [1.29, 1.82) is 0 Å². The summed E-state index contributed by atoms with van der Waals surface area (Å²) in [7, 11) is 0. The van der Waals surface area contributed by atoms with Crippen LogP contribution in [-0.4, -0.2) is 31.1 Å². The number of nitrogens with one attached hydrogen (secondary N) is 1. The zero-order valence-corrected chi connectivity index (χ0v) is 11.2. The van der Waals surface area contributed by atoms with Crippen LogP contribution in [0.3, 0.4) is 0 Å². The Morgan fingerprint density at radius 3 is 2.65 bits per heavy atom. The van der Waals surface area contributed by atoms with Gasteiger partial charge in [-0.15, -0.1) is 0 Å². The van der Waals surface area contributed by atoms with Crippen LogP contribution in [0.15, 0.2) is 24.3 Å². The normalized spacial score (nSPS) is 19.2. The van der Waals surface area contributed by atoms with Gasteiger partial charge in [-0.1, -0.05) is 43.1 Å². The fraction of sp³-hybridized carbons (Fsp3) is 0.571. The quantitative estimate of drug-likeness (QED) is 0.886. The number of hydrogen-bond donors (Lipinski definition) is 1. The van der Waals surface area contributed by atoms with Crippen LogP contribution in [0, 0.1) is 0 Å². The minimum Gasteiger partial charge on any atom is -0.314 e. The predicted octanol–water partition coefficient (Wildman–Crippen LogP) is 3.09. The molecule has 1 aromatic rings. The smallest absolute Gasteiger partial charge is 0.0453 e. The molecule has 1 aliphatic rings. The Labute approximate surface area is 109 Å². The van der Waals surface area contributed by atoms with Crippen LogP contribution >= 0.6 is 11.6 Å². The van der Waals surface area contributed by atoms with Crippen LogP contribution in [0.5, 0.6) is 0 Å². The minimum atomic E-state index is 0.482. The van der Waals surface area contributed by atoms with E-state index in [1.54, 1.807) is 0 Å². The molecule has 0 amide bonds. The molecular weight excluding hydrogens is 232 g/mol. The first kappa shape index (κ1) is 12.9. The average molecular weight is 253 g/mol. The first-order chi connectivity index (χ1) is 8.33. The van der Waals surface area contributed by atoms with E-state index in [0.717, 1.165) is 31.2 Å². The first-order valence-corrected chi connectivity index (χ1v) is 6.90. The standard InChI is InChI=1S/C14H21ClN2/c1-2-5-14(17-10-8-16-9-11-17)12-6-3-4-7-13(12)15/h3-4,6-7,14,16H,2,5,8-11H2,1H3/t14-/m1/s1. The molecule has 2 rings (SSSR count). The third-order valence-corrected chi connectivity index (χ3v) is 3.76. The molecule has 0 aromatic heterocycles. The number of nitrogens with zero attached hydrogens (tertiary/aromatic N) is 1. The molecule has 1 heterocycles. The van der Waals surface area contributed by atoms with Gasteiger partial charge in [0.05, 0.1) is 0 Å². The first-order valence-electron chi connectivity index (χ1n) is 6.52. The summed E-state index contributed by atoms with van der Waals surface area (Å²) in [6.45, 7) is 6.66. The summed E-state index contributed by atoms with van der Waals surface area (Å²) in [4.78, 5) is 2.56. The second kappa shape index (κ2) is 6.39. The Balaban J connectivity index is 2.18. The molecule has 1 fully saturated rings. The lowest BCUT2D eigenvalue weighted by Crippen LogP contribution is -2.45. The van der Waals surface area contributed by atoms with E-state index < -0.39 is 0 Å². The molecule has 0 unspecified atom stereocenters. The molecule has 17 heavy (non-hydrogen) atoms. The van der Waals surface area contributed by atoms with E-state index in [9.17, 15) is 0 Å². The second-order valence-corrected chi connectivity index (χ2v) is 5.02. The highest BCUT2D eigenvalue weighted by atomic mass is 35.5. The molecule has 1 saturated heterocycles. The van der Waals surface area contributed by atoms with Crippen LogP contribution in [0.25, 0.3) is 0 Å². The van der Waals surface area contributed by atoms with E-state index in [-0.39, 0.29) is 0 Å². The highest BCUT2D eigenvalue weighted by Gasteiger charge is 2.22. The fourth-order valence-electron chi connectivity index (χ4n) is 2.55. The summed E-state index contributed by atoms with van der Waals surface area (Å²) in [5.74, 6) is 0. The van der Waals surface area contributed by atoms with Crippen LogP contribution in [-0.2, 0) is 0 Å². The largest absolute Gasteiger partial charge is 0.314 e. The number of benzene rings is 1. The van der Waals surface area contributed by atoms with Gasteiger partial charge in [0, 0.05) is 37.2 Å². The molecular formula is C14H21ClN2. The van der Waals surface area contributed by atoms with E-state index in [1.807, 2.05) is 12.1 Å². The van der Waals surface area contributed by atoms with Gasteiger partial charge in [0.25, 0.3) is 0 Å². The predicted molar refractivity (Wildman–Crippen MR) is 73.5 cm³/mol. The summed E-state index contributed by atoms with van der Waals surface area (Å²) in [5, 5.41) is 4.31. The van der Waals surface area contributed by atoms with Crippen molar-refractivity contribution in [2.45, 2.75) is 25.8 Å². The van der Waals surface area contributed by atoms with Gasteiger partial charge < -0.3 is 5.32 Å². The highest BCUT2D eigenvalue weighted by Crippen LogP contribution is 2.31. The minimum absolute atomic E-state index is 0.482. The van der Waals surface area contributed by atoms with Gasteiger partial charge in [-0.25, -0.2) is 0 Å². The van der Waals surface area contributed by atoms with Gasteiger partial charge >= 0.3 is 0 Å². The lowest BCUT2D eigenvalue weighted by molar-refractivity contribution is 0.164. The topological polar surface area (TPSA) is 15.3 Å². The Bertz CT molecular complexity index is 348. The molecule has 94 valence electrons. The lowest BCUT2D eigenvalue weighted by Gasteiger charge is -2.35. The molecule has 0 bridgehead atoms. The number of rotatable bonds is 4. The van der Waals surface area contributed by atoms with Gasteiger partial charge in [0.1, 0.15) is 0 Å². The van der Waals surface area contributed by atoms with Crippen LogP contribution in [0.4, 0.5) is 0 Å². The molecule has 0 aliphatic carbocycles. The molecule has 1 atom stereocenters. The summed E-state index contributed by atoms with van der Waals surface area (Å²) < 4.78 is 0. The molecule has 1 aromatic carbocycles. The third kappa shape index (κ3) is 3.21. The average Bonchev–Trinajstić information content (AvgIpc) is 2.38. The van der Waals surface area contributed by atoms with E-state index in [4.69, 9.17) is 11.6 Å². The lowest BCUT2D eigenvalue weighted by atomic mass is 10.00. The van der Waals surface area contributed by atoms with Crippen LogP contribution < -0.4 is 5.32 Å². The zero-order chi connectivity index (χ0) is 12.1. The van der Waals surface area contributed by atoms with Crippen LogP contribution in [0.2, 0.25) is 5.02 Å². The zero-order valence-electron chi connectivity index (χ0n) is 10.5. The Hall–Kier alpha value is -0.570. The van der Waals surface area contributed by atoms with Crippen molar-refractivity contribution in [3.8, 4) is 0 Å². The maximum Gasteiger partial charge on any atom is 0.0453 e. The van der Waals surface area contributed by atoms with Gasteiger partial charge in [-0.05, 0) is 18.1 Å². The van der Waals surface area contributed by atoms with Crippen molar-refractivity contribution in [1.82, 2.24) is 10.2 Å². The molecule has 0 radical (unpaired) electrons. The van der Waals surface area contributed by atoms with E-state index in [2.05, 4.69) is 29.3 Å². The van der Waals surface area contributed by atoms with E-state index >= 15 is 0 Å². The molecule has 0 spiro atoms. The molecule has 0 saturated carbocycles. The molecule has 1 aliphatic heterocycles. The van der Waals surface area contributed by atoms with E-state index in [1.165, 1.54) is 18.4 Å². The molecule has 3 heteroatoms. The Morgan fingerprint density at radius 1 is 1.29 bits per heavy atom. The van der Waals surface area contributed by atoms with Gasteiger partial charge in [-0.3, -0.25) is 4.90 Å². The maximum atomic E-state index is 6.33. The Kier molecular flexibility index (Phi) is 4.84. The highest BCUT2D eigenvalue weighted by molar-refractivity contribution is 6.31. The van der Waals surface area contributed by atoms with Crippen LogP contribution in [0.1, 0.15) is 31.4 Å². The SMILES string of the molecule is CCC[C@H](c1ccccc1Cl)N1CCNCC1. The van der Waals surface area contributed by atoms with Crippen molar-refractivity contribution in [2.75, 3.05) is 26.2 Å². The van der Waals surface area contributed by atoms with E-state index in [0.29, 0.717) is 6.04 Å². The van der Waals surface area contributed by atoms with Crippen molar-refractivity contribution >= 4 is 11.6 Å². The fourth-order valence-corrected chi connectivity index (χ4v) is 2.81. The monoisotopic (exact) mass is 252 g/mol. The van der Waals surface area contributed by atoms with Crippen molar-refractivity contribution in [3.05, 3.63) is 34.9 Å². The maximum absolute atomic E-state index is 6.33. The van der Waals surface area contributed by atoms with Crippen molar-refractivity contribution < 1.29 is 0 Å². The summed E-state index contributed by atoms with van der Waals surface area (Å²) >= 11 is 6.33. The summed E-state index contributed by atoms with van der Waals surface area (Å²) in [6.07, 6.45) is 2.38. The number of piperazine rings is 1. The van der Waals surface area contributed by atoms with Gasteiger partial charge in [0.15, 0.2) is 0 Å². The number of hydrogen-bond acceptors (Lipinski definition) is 2. The summed E-state index contributed by atoms with van der Waals surface area (Å²) in [5.41, 5.74) is 1.29. The molecule has 2 nitrogen and oxygen atoms in total. The van der Waals surface area contributed by atoms with Gasteiger partial charge in [-0.2, -0.15) is 0 Å². The van der Waals surface area contributed by atoms with Crippen molar-refractivity contribution in [3.63, 3.8) is 0 Å². The van der Waals surface area contributed by atoms with Gasteiger partial charge in [0.2, 0.25) is 0 Å². The summed E-state index contributed by atoms with van der Waals surface area (Å²) in [6, 6.07) is 8.75. The Morgan fingerprint density at radius 2 is 2.00 bits per heavy atom.